The van der Waals surface area contributed by atoms with Crippen molar-refractivity contribution in [3.05, 3.63) is 29.7 Å². The van der Waals surface area contributed by atoms with Crippen LogP contribution in [-0.2, 0) is 9.53 Å². The first kappa shape index (κ1) is 22.1. The maximum Gasteiger partial charge on any atom is 0.282 e. The van der Waals surface area contributed by atoms with Crippen molar-refractivity contribution in [1.29, 1.82) is 0 Å². The minimum absolute atomic E-state index is 0.00610. The molecule has 2 bridgehead atoms. The highest BCUT2D eigenvalue weighted by atomic mass is 19.3. The largest absolute Gasteiger partial charge is 0.374 e. The van der Waals surface area contributed by atoms with Gasteiger partial charge in [-0.05, 0) is 38.2 Å². The van der Waals surface area contributed by atoms with Gasteiger partial charge in [0, 0.05) is 24.9 Å². The quantitative estimate of drug-likeness (QED) is 0.533. The molecule has 10 nitrogen and oxygen atoms in total. The molecule has 2 aliphatic heterocycles. The second-order valence-corrected chi connectivity index (χ2v) is 9.55. The molecule has 12 heteroatoms. The Bertz CT molecular complexity index is 1300. The third kappa shape index (κ3) is 3.67. The van der Waals surface area contributed by atoms with Crippen LogP contribution in [0.2, 0.25) is 0 Å². The minimum Gasteiger partial charge on any atom is -0.374 e. The highest BCUT2D eigenvalue weighted by molar-refractivity contribution is 6.05. The Labute approximate surface area is 199 Å². The van der Waals surface area contributed by atoms with Crippen LogP contribution in [0.1, 0.15) is 60.6 Å². The van der Waals surface area contributed by atoms with Crippen LogP contribution >= 0.6 is 0 Å². The lowest BCUT2D eigenvalue weighted by atomic mass is 9.87. The molecule has 3 aromatic rings. The molecule has 184 valence electrons. The fraction of sp³-hybridized carbons (Fsp3) is 0.522. The van der Waals surface area contributed by atoms with Crippen LogP contribution in [0, 0.1) is 5.92 Å². The summed E-state index contributed by atoms with van der Waals surface area (Å²) >= 11 is 0. The third-order valence-corrected chi connectivity index (χ3v) is 7.44. The number of fused-ring (bicyclic) bond motifs is 3. The summed E-state index contributed by atoms with van der Waals surface area (Å²) in [6, 6.07) is 1.90. The number of carbonyl (C=O) groups excluding carboxylic acids is 2. The molecule has 0 aromatic carbocycles. The first-order valence-corrected chi connectivity index (χ1v) is 11.8. The number of ether oxygens (including phenoxy) is 1. The van der Waals surface area contributed by atoms with Crippen molar-refractivity contribution in [2.75, 3.05) is 18.1 Å². The molecular formula is C23H25F2N7O3. The van der Waals surface area contributed by atoms with Gasteiger partial charge in [-0.15, -0.1) is 0 Å². The standard InChI is InChI=1S/C23H25F2N7O3/c24-21(25)20-16(9-32(29-20)13-3-1-12(10-33)2-4-13)19-18(22(26)34)23-27-17(5-6-31(23)28-19)30-8-15-7-14(30)11-35-15/h5-6,9-10,12-15,21H,1-4,7-8,11H2,(H2,26,34)/t12?,13?,14-,15-/m1/s1. The summed E-state index contributed by atoms with van der Waals surface area (Å²) in [5.74, 6) is -0.141. The summed E-state index contributed by atoms with van der Waals surface area (Å²) in [7, 11) is 0. The number of primary amides is 1. The van der Waals surface area contributed by atoms with Crippen molar-refractivity contribution < 1.29 is 23.1 Å². The summed E-state index contributed by atoms with van der Waals surface area (Å²) in [6.45, 7) is 1.33. The molecule has 2 N–H and O–H groups in total. The zero-order valence-corrected chi connectivity index (χ0v) is 18.9. The zero-order valence-electron chi connectivity index (χ0n) is 18.9. The van der Waals surface area contributed by atoms with Crippen molar-refractivity contribution in [2.24, 2.45) is 11.7 Å². The topological polar surface area (TPSA) is 121 Å². The van der Waals surface area contributed by atoms with E-state index in [9.17, 15) is 18.4 Å². The maximum absolute atomic E-state index is 14.0. The molecule has 6 rings (SSSR count). The molecule has 2 atom stereocenters. The number of alkyl halides is 2. The van der Waals surface area contributed by atoms with Crippen LogP contribution in [0.4, 0.5) is 14.6 Å². The normalized spacial score (nSPS) is 26.2. The van der Waals surface area contributed by atoms with Crippen molar-refractivity contribution >= 4 is 23.7 Å². The highest BCUT2D eigenvalue weighted by Crippen LogP contribution is 2.38. The number of aldehydes is 1. The van der Waals surface area contributed by atoms with Gasteiger partial charge in [-0.3, -0.25) is 9.48 Å². The molecule has 1 aliphatic carbocycles. The second kappa shape index (κ2) is 8.36. The van der Waals surface area contributed by atoms with E-state index in [-0.39, 0.29) is 46.6 Å². The van der Waals surface area contributed by atoms with E-state index in [4.69, 9.17) is 10.5 Å². The molecule has 35 heavy (non-hydrogen) atoms. The van der Waals surface area contributed by atoms with Crippen LogP contribution in [0.25, 0.3) is 16.9 Å². The van der Waals surface area contributed by atoms with Gasteiger partial charge in [-0.25, -0.2) is 18.3 Å². The Morgan fingerprint density at radius 1 is 1.20 bits per heavy atom. The number of hydrogen-bond donors (Lipinski definition) is 1. The van der Waals surface area contributed by atoms with Crippen LogP contribution in [0.15, 0.2) is 18.5 Å². The number of rotatable bonds is 6. The van der Waals surface area contributed by atoms with E-state index in [1.165, 1.54) is 15.4 Å². The molecule has 0 radical (unpaired) electrons. The Balaban J connectivity index is 1.42. The van der Waals surface area contributed by atoms with E-state index in [2.05, 4.69) is 20.1 Å². The average Bonchev–Trinajstić information content (AvgIpc) is 3.65. The van der Waals surface area contributed by atoms with Gasteiger partial charge in [0.15, 0.2) is 5.65 Å². The van der Waals surface area contributed by atoms with Crippen LogP contribution in [0.3, 0.4) is 0 Å². The Morgan fingerprint density at radius 2 is 2.00 bits per heavy atom. The summed E-state index contributed by atoms with van der Waals surface area (Å²) in [5.41, 5.74) is 5.56. The number of nitrogens with zero attached hydrogens (tertiary/aromatic N) is 6. The lowest BCUT2D eigenvalue weighted by Crippen LogP contribution is -2.37. The van der Waals surface area contributed by atoms with E-state index in [1.807, 2.05) is 0 Å². The van der Waals surface area contributed by atoms with E-state index in [0.717, 1.165) is 12.7 Å². The molecule has 3 aromatic heterocycles. The van der Waals surface area contributed by atoms with Gasteiger partial charge in [0.1, 0.15) is 29.1 Å². The van der Waals surface area contributed by atoms with E-state index >= 15 is 0 Å². The summed E-state index contributed by atoms with van der Waals surface area (Å²) in [6.07, 6.45) is 5.03. The molecule has 1 saturated carbocycles. The number of carbonyl (C=O) groups is 2. The van der Waals surface area contributed by atoms with Gasteiger partial charge < -0.3 is 20.2 Å². The van der Waals surface area contributed by atoms with Gasteiger partial charge in [0.25, 0.3) is 12.3 Å². The number of nitrogens with two attached hydrogens (primary N) is 1. The average molecular weight is 485 g/mol. The molecule has 3 fully saturated rings. The smallest absolute Gasteiger partial charge is 0.282 e. The Morgan fingerprint density at radius 3 is 2.63 bits per heavy atom. The van der Waals surface area contributed by atoms with E-state index in [0.29, 0.717) is 44.7 Å². The second-order valence-electron chi connectivity index (χ2n) is 9.55. The Hall–Kier alpha value is -3.41. The predicted molar refractivity (Wildman–Crippen MR) is 120 cm³/mol. The first-order chi connectivity index (χ1) is 16.9. The maximum atomic E-state index is 14.0. The number of hydrogen-bond acceptors (Lipinski definition) is 7. The van der Waals surface area contributed by atoms with Crippen molar-refractivity contribution in [1.82, 2.24) is 24.4 Å². The van der Waals surface area contributed by atoms with Crippen LogP contribution < -0.4 is 10.6 Å². The molecule has 3 aliphatic rings. The van der Waals surface area contributed by atoms with Gasteiger partial charge >= 0.3 is 0 Å². The molecule has 0 unspecified atom stereocenters. The number of aromatic nitrogens is 5. The zero-order chi connectivity index (χ0) is 24.3. The molecule has 5 heterocycles. The predicted octanol–water partition coefficient (Wildman–Crippen LogP) is 2.54. The SMILES string of the molecule is NC(=O)c1c(-c2cn(C3CCC(C=O)CC3)nc2C(F)F)nn2ccc(N3C[C@H]4C[C@@H]3CO4)nc12. The summed E-state index contributed by atoms with van der Waals surface area (Å²) in [5, 5.41) is 8.60. The van der Waals surface area contributed by atoms with E-state index < -0.39 is 18.0 Å². The summed E-state index contributed by atoms with van der Waals surface area (Å²) in [4.78, 5) is 30.4. The van der Waals surface area contributed by atoms with E-state index in [1.54, 1.807) is 12.3 Å². The summed E-state index contributed by atoms with van der Waals surface area (Å²) < 4.78 is 36.7. The molecular weight excluding hydrogens is 460 g/mol. The fourth-order valence-corrected chi connectivity index (χ4v) is 5.61. The van der Waals surface area contributed by atoms with Crippen molar-refractivity contribution in [2.45, 2.75) is 56.7 Å². The number of halogens is 2. The van der Waals surface area contributed by atoms with Crippen molar-refractivity contribution in [3.63, 3.8) is 0 Å². The number of morpholine rings is 1. The van der Waals surface area contributed by atoms with Gasteiger partial charge in [0.05, 0.1) is 30.4 Å². The van der Waals surface area contributed by atoms with Gasteiger partial charge in [-0.2, -0.15) is 10.2 Å². The lowest BCUT2D eigenvalue weighted by molar-refractivity contribution is -0.112. The molecule has 0 spiro atoms. The van der Waals surface area contributed by atoms with Gasteiger partial charge in [-0.1, -0.05) is 0 Å². The lowest BCUT2D eigenvalue weighted by Gasteiger charge is -2.27. The number of amides is 1. The number of anilines is 1. The van der Waals surface area contributed by atoms with Gasteiger partial charge in [0.2, 0.25) is 0 Å². The Kier molecular flexibility index (Phi) is 5.28. The first-order valence-electron chi connectivity index (χ1n) is 11.8. The molecule has 1 amide bonds. The monoisotopic (exact) mass is 485 g/mol. The van der Waals surface area contributed by atoms with Crippen LogP contribution in [0.5, 0.6) is 0 Å². The molecule has 2 saturated heterocycles. The fourth-order valence-electron chi connectivity index (χ4n) is 5.61. The minimum atomic E-state index is -2.87. The third-order valence-electron chi connectivity index (χ3n) is 7.44. The van der Waals surface area contributed by atoms with Crippen LogP contribution in [-0.4, -0.2) is 61.9 Å². The highest BCUT2D eigenvalue weighted by Gasteiger charge is 2.40. The van der Waals surface area contributed by atoms with Crippen molar-refractivity contribution in [3.8, 4) is 11.3 Å².